The highest BCUT2D eigenvalue weighted by Gasteiger charge is 2.24. The molecule has 0 spiro atoms. The topological polar surface area (TPSA) is 32.3 Å². The number of aryl methyl sites for hydroxylation is 1. The Labute approximate surface area is 123 Å². The number of nitrogens with zero attached hydrogens (tertiary/aromatic N) is 1. The molecule has 4 heteroatoms. The van der Waals surface area contributed by atoms with E-state index >= 15 is 0 Å². The second kappa shape index (κ2) is 5.29. The van der Waals surface area contributed by atoms with E-state index in [4.69, 9.17) is 0 Å². The lowest BCUT2D eigenvalue weighted by Crippen LogP contribution is -2.30. The predicted octanol–water partition coefficient (Wildman–Crippen LogP) is 3.65. The molecule has 3 rings (SSSR count). The molecule has 20 heavy (non-hydrogen) atoms. The van der Waals surface area contributed by atoms with Crippen molar-refractivity contribution in [3.8, 4) is 0 Å². The number of carbonyl (C=O) groups excluding carboxylic acids is 1. The van der Waals surface area contributed by atoms with Gasteiger partial charge in [-0.05, 0) is 36.1 Å². The standard InChI is InChI=1S/C16H18N2OS/c1-11-9-18(10-13-7-8-20-12(13)2)15-6-4-3-5-14(15)17-16(11)19/h3-8,11H,9-10H2,1-2H3,(H,17,19). The maximum atomic E-state index is 12.1. The lowest BCUT2D eigenvalue weighted by Gasteiger charge is -2.25. The lowest BCUT2D eigenvalue weighted by molar-refractivity contribution is -0.119. The summed E-state index contributed by atoms with van der Waals surface area (Å²) in [6.07, 6.45) is 0. The monoisotopic (exact) mass is 286 g/mol. The van der Waals surface area contributed by atoms with Crippen molar-refractivity contribution in [1.29, 1.82) is 0 Å². The molecule has 0 radical (unpaired) electrons. The van der Waals surface area contributed by atoms with Crippen LogP contribution in [0.15, 0.2) is 35.7 Å². The van der Waals surface area contributed by atoms with Gasteiger partial charge in [0.1, 0.15) is 0 Å². The Morgan fingerprint density at radius 1 is 1.35 bits per heavy atom. The van der Waals surface area contributed by atoms with E-state index < -0.39 is 0 Å². The van der Waals surface area contributed by atoms with E-state index in [1.807, 2.05) is 25.1 Å². The molecule has 1 aromatic heterocycles. The fourth-order valence-corrected chi connectivity index (χ4v) is 3.27. The van der Waals surface area contributed by atoms with Crippen LogP contribution >= 0.6 is 11.3 Å². The molecule has 0 fully saturated rings. The van der Waals surface area contributed by atoms with Gasteiger partial charge < -0.3 is 10.2 Å². The normalized spacial score (nSPS) is 18.4. The van der Waals surface area contributed by atoms with Crippen LogP contribution in [0.4, 0.5) is 11.4 Å². The largest absolute Gasteiger partial charge is 0.365 e. The molecule has 1 N–H and O–H groups in total. The Kier molecular flexibility index (Phi) is 3.49. The quantitative estimate of drug-likeness (QED) is 0.914. The van der Waals surface area contributed by atoms with Gasteiger partial charge in [-0.2, -0.15) is 0 Å². The molecule has 0 saturated heterocycles. The smallest absolute Gasteiger partial charge is 0.229 e. The van der Waals surface area contributed by atoms with Crippen molar-refractivity contribution in [2.45, 2.75) is 20.4 Å². The van der Waals surface area contributed by atoms with Crippen molar-refractivity contribution in [3.63, 3.8) is 0 Å². The van der Waals surface area contributed by atoms with Crippen molar-refractivity contribution in [2.24, 2.45) is 5.92 Å². The summed E-state index contributed by atoms with van der Waals surface area (Å²) in [6.45, 7) is 5.73. The minimum Gasteiger partial charge on any atom is -0.365 e. The van der Waals surface area contributed by atoms with Crippen LogP contribution in [0.2, 0.25) is 0 Å². The number of para-hydroxylation sites is 2. The third-order valence-electron chi connectivity index (χ3n) is 3.77. The molecule has 0 bridgehead atoms. The van der Waals surface area contributed by atoms with Gasteiger partial charge >= 0.3 is 0 Å². The number of amides is 1. The van der Waals surface area contributed by atoms with Crippen molar-refractivity contribution in [3.05, 3.63) is 46.2 Å². The molecule has 0 aliphatic carbocycles. The summed E-state index contributed by atoms with van der Waals surface area (Å²) in [5, 5.41) is 5.14. The molecular weight excluding hydrogens is 268 g/mol. The highest BCUT2D eigenvalue weighted by Crippen LogP contribution is 2.31. The van der Waals surface area contributed by atoms with E-state index in [0.717, 1.165) is 24.5 Å². The zero-order valence-corrected chi connectivity index (χ0v) is 12.5. The van der Waals surface area contributed by atoms with E-state index in [0.29, 0.717) is 0 Å². The summed E-state index contributed by atoms with van der Waals surface area (Å²) in [4.78, 5) is 15.7. The van der Waals surface area contributed by atoms with Crippen LogP contribution in [0.25, 0.3) is 0 Å². The van der Waals surface area contributed by atoms with Gasteiger partial charge in [0.05, 0.1) is 17.3 Å². The molecule has 1 aliphatic heterocycles. The van der Waals surface area contributed by atoms with E-state index in [1.54, 1.807) is 11.3 Å². The van der Waals surface area contributed by atoms with Crippen LogP contribution in [0.3, 0.4) is 0 Å². The molecule has 1 aromatic carbocycles. The van der Waals surface area contributed by atoms with Crippen molar-refractivity contribution < 1.29 is 4.79 Å². The first-order valence-electron chi connectivity index (χ1n) is 6.83. The highest BCUT2D eigenvalue weighted by molar-refractivity contribution is 7.10. The summed E-state index contributed by atoms with van der Waals surface area (Å²) >= 11 is 1.77. The summed E-state index contributed by atoms with van der Waals surface area (Å²) in [5.41, 5.74) is 3.36. The fourth-order valence-electron chi connectivity index (χ4n) is 2.55. The molecule has 1 aliphatic rings. The number of hydrogen-bond acceptors (Lipinski definition) is 3. The Morgan fingerprint density at radius 2 is 2.15 bits per heavy atom. The second-order valence-electron chi connectivity index (χ2n) is 5.29. The van der Waals surface area contributed by atoms with Gasteiger partial charge in [0.2, 0.25) is 5.91 Å². The molecule has 2 heterocycles. The third kappa shape index (κ3) is 2.43. The zero-order valence-electron chi connectivity index (χ0n) is 11.7. The minimum atomic E-state index is -0.0126. The van der Waals surface area contributed by atoms with E-state index in [9.17, 15) is 4.79 Å². The van der Waals surface area contributed by atoms with Gasteiger partial charge in [-0.25, -0.2) is 0 Å². The number of rotatable bonds is 2. The van der Waals surface area contributed by atoms with Crippen molar-refractivity contribution in [1.82, 2.24) is 0 Å². The fraction of sp³-hybridized carbons (Fsp3) is 0.312. The summed E-state index contributed by atoms with van der Waals surface area (Å²) in [6, 6.07) is 10.2. The van der Waals surface area contributed by atoms with Gasteiger partial charge in [-0.15, -0.1) is 11.3 Å². The first-order chi connectivity index (χ1) is 9.65. The van der Waals surface area contributed by atoms with Crippen LogP contribution in [-0.4, -0.2) is 12.5 Å². The Hall–Kier alpha value is -1.81. The number of nitrogens with one attached hydrogen (secondary N) is 1. The number of fused-ring (bicyclic) bond motifs is 1. The second-order valence-corrected chi connectivity index (χ2v) is 6.41. The van der Waals surface area contributed by atoms with Crippen molar-refractivity contribution in [2.75, 3.05) is 16.8 Å². The number of anilines is 2. The molecule has 3 nitrogen and oxygen atoms in total. The number of thiophene rings is 1. The average molecular weight is 286 g/mol. The lowest BCUT2D eigenvalue weighted by atomic mass is 10.1. The molecule has 104 valence electrons. The van der Waals surface area contributed by atoms with Crippen LogP contribution < -0.4 is 10.2 Å². The number of carbonyl (C=O) groups is 1. The van der Waals surface area contributed by atoms with Crippen molar-refractivity contribution >= 4 is 28.6 Å². The van der Waals surface area contributed by atoms with Crippen LogP contribution in [0.5, 0.6) is 0 Å². The van der Waals surface area contributed by atoms with Gasteiger partial charge in [-0.1, -0.05) is 19.1 Å². The molecule has 1 unspecified atom stereocenters. The molecular formula is C16H18N2OS. The maximum Gasteiger partial charge on any atom is 0.229 e. The summed E-state index contributed by atoms with van der Waals surface area (Å²) in [5.74, 6) is 0.0864. The Bertz CT molecular complexity index is 635. The highest BCUT2D eigenvalue weighted by atomic mass is 32.1. The molecule has 2 aromatic rings. The van der Waals surface area contributed by atoms with Gasteiger partial charge in [0.15, 0.2) is 0 Å². The Morgan fingerprint density at radius 3 is 2.90 bits per heavy atom. The van der Waals surface area contributed by atoms with E-state index in [-0.39, 0.29) is 11.8 Å². The van der Waals surface area contributed by atoms with Gasteiger partial charge in [0, 0.05) is 18.0 Å². The molecule has 0 saturated carbocycles. The van der Waals surface area contributed by atoms with Gasteiger partial charge in [0.25, 0.3) is 0 Å². The first-order valence-corrected chi connectivity index (χ1v) is 7.71. The van der Waals surface area contributed by atoms with Crippen LogP contribution in [0, 0.1) is 12.8 Å². The van der Waals surface area contributed by atoms with Gasteiger partial charge in [-0.3, -0.25) is 4.79 Å². The predicted molar refractivity (Wildman–Crippen MR) is 84.3 cm³/mol. The van der Waals surface area contributed by atoms with Crippen LogP contribution in [0.1, 0.15) is 17.4 Å². The third-order valence-corrected chi connectivity index (χ3v) is 4.66. The molecule has 1 atom stereocenters. The molecule has 1 amide bonds. The maximum absolute atomic E-state index is 12.1. The average Bonchev–Trinajstić information content (AvgIpc) is 2.78. The zero-order chi connectivity index (χ0) is 14.1. The van der Waals surface area contributed by atoms with Crippen LogP contribution in [-0.2, 0) is 11.3 Å². The summed E-state index contributed by atoms with van der Waals surface area (Å²) < 4.78 is 0. The van der Waals surface area contributed by atoms with E-state index in [1.165, 1.54) is 10.4 Å². The first kappa shape index (κ1) is 13.2. The SMILES string of the molecule is Cc1sccc1CN1CC(C)C(=O)Nc2ccccc21. The minimum absolute atomic E-state index is 0.0126. The number of hydrogen-bond donors (Lipinski definition) is 1. The summed E-state index contributed by atoms with van der Waals surface area (Å²) in [7, 11) is 0. The number of benzene rings is 1. The Balaban J connectivity index is 1.96. The van der Waals surface area contributed by atoms with E-state index in [2.05, 4.69) is 34.7 Å².